The van der Waals surface area contributed by atoms with Crippen LogP contribution in [-0.4, -0.2) is 41.7 Å². The van der Waals surface area contributed by atoms with Crippen molar-refractivity contribution in [3.63, 3.8) is 0 Å². The Labute approximate surface area is 77.5 Å². The lowest BCUT2D eigenvalue weighted by atomic mass is 9.92. The Bertz CT molecular complexity index is 156. The maximum absolute atomic E-state index is 12.3. The van der Waals surface area contributed by atoms with Crippen LogP contribution in [0.1, 0.15) is 26.2 Å². The molecule has 0 atom stereocenters. The summed E-state index contributed by atoms with van der Waals surface area (Å²) in [5.41, 5.74) is -1.72. The zero-order valence-electron chi connectivity index (χ0n) is 7.97. The van der Waals surface area contributed by atoms with E-state index in [9.17, 15) is 13.9 Å². The van der Waals surface area contributed by atoms with Gasteiger partial charge in [-0.2, -0.15) is 0 Å². The molecule has 0 aliphatic carbocycles. The molecule has 0 amide bonds. The highest BCUT2D eigenvalue weighted by atomic mass is 19.3. The Kier molecular flexibility index (Phi) is 3.62. The van der Waals surface area contributed by atoms with E-state index in [0.29, 0.717) is 13.1 Å². The van der Waals surface area contributed by atoms with Gasteiger partial charge < -0.3 is 10.0 Å². The lowest BCUT2D eigenvalue weighted by Crippen LogP contribution is -2.48. The first kappa shape index (κ1) is 10.9. The summed E-state index contributed by atoms with van der Waals surface area (Å²) in [6.07, 6.45) is -1.17. The minimum Gasteiger partial charge on any atom is -0.384 e. The number of hydrogen-bond acceptors (Lipinski definition) is 2. The first-order valence-corrected chi connectivity index (χ1v) is 4.81. The van der Waals surface area contributed by atoms with E-state index >= 15 is 0 Å². The van der Waals surface area contributed by atoms with Crippen LogP contribution in [0.15, 0.2) is 0 Å². The van der Waals surface area contributed by atoms with Gasteiger partial charge in [-0.1, -0.05) is 6.92 Å². The van der Waals surface area contributed by atoms with Gasteiger partial charge in [0, 0.05) is 13.1 Å². The van der Waals surface area contributed by atoms with Crippen LogP contribution in [0.2, 0.25) is 0 Å². The maximum Gasteiger partial charge on any atom is 0.266 e. The average Bonchev–Trinajstić information content (AvgIpc) is 2.09. The molecule has 1 fully saturated rings. The highest BCUT2D eigenvalue weighted by Crippen LogP contribution is 2.28. The van der Waals surface area contributed by atoms with Gasteiger partial charge in [0.15, 0.2) is 0 Å². The van der Waals surface area contributed by atoms with Crippen LogP contribution < -0.4 is 0 Å². The number of rotatable bonds is 3. The van der Waals surface area contributed by atoms with Crippen LogP contribution in [0.4, 0.5) is 8.78 Å². The van der Waals surface area contributed by atoms with Crippen molar-refractivity contribution in [2.75, 3.05) is 19.6 Å². The van der Waals surface area contributed by atoms with E-state index in [1.165, 1.54) is 0 Å². The lowest BCUT2D eigenvalue weighted by Gasteiger charge is -2.37. The summed E-state index contributed by atoms with van der Waals surface area (Å²) < 4.78 is 24.7. The van der Waals surface area contributed by atoms with Gasteiger partial charge >= 0.3 is 0 Å². The van der Waals surface area contributed by atoms with Crippen molar-refractivity contribution in [1.29, 1.82) is 0 Å². The first-order valence-electron chi connectivity index (χ1n) is 4.81. The SMILES string of the molecule is CCCN1CCC(O)(C(F)F)CC1. The van der Waals surface area contributed by atoms with Crippen molar-refractivity contribution >= 4 is 0 Å². The van der Waals surface area contributed by atoms with Crippen molar-refractivity contribution < 1.29 is 13.9 Å². The van der Waals surface area contributed by atoms with Crippen molar-refractivity contribution in [3.8, 4) is 0 Å². The predicted octanol–water partition coefficient (Wildman–Crippen LogP) is 1.49. The number of halogens is 2. The van der Waals surface area contributed by atoms with Gasteiger partial charge in [0.25, 0.3) is 6.43 Å². The fourth-order valence-electron chi connectivity index (χ4n) is 1.70. The largest absolute Gasteiger partial charge is 0.384 e. The third-order valence-electron chi connectivity index (χ3n) is 2.67. The molecule has 78 valence electrons. The molecule has 0 saturated carbocycles. The van der Waals surface area contributed by atoms with Gasteiger partial charge in [-0.15, -0.1) is 0 Å². The van der Waals surface area contributed by atoms with E-state index in [4.69, 9.17) is 0 Å². The molecule has 1 aliphatic rings. The molecular weight excluding hydrogens is 176 g/mol. The number of nitrogens with zero attached hydrogens (tertiary/aromatic N) is 1. The topological polar surface area (TPSA) is 23.5 Å². The minimum absolute atomic E-state index is 0.199. The number of piperidine rings is 1. The normalized spacial score (nSPS) is 23.8. The number of alkyl halides is 2. The quantitative estimate of drug-likeness (QED) is 0.734. The fraction of sp³-hybridized carbons (Fsp3) is 1.00. The van der Waals surface area contributed by atoms with Crippen LogP contribution in [0.5, 0.6) is 0 Å². The molecule has 1 saturated heterocycles. The molecular formula is C9H17F2NO. The van der Waals surface area contributed by atoms with Crippen molar-refractivity contribution in [1.82, 2.24) is 4.90 Å². The van der Waals surface area contributed by atoms with Crippen LogP contribution in [-0.2, 0) is 0 Å². The molecule has 0 aromatic rings. The van der Waals surface area contributed by atoms with E-state index in [0.717, 1.165) is 13.0 Å². The molecule has 0 spiro atoms. The van der Waals surface area contributed by atoms with E-state index < -0.39 is 12.0 Å². The summed E-state index contributed by atoms with van der Waals surface area (Å²) in [7, 11) is 0. The predicted molar refractivity (Wildman–Crippen MR) is 46.9 cm³/mol. The Balaban J connectivity index is 2.37. The molecule has 1 heterocycles. The Morgan fingerprint density at radius 3 is 2.31 bits per heavy atom. The molecule has 1 aliphatic heterocycles. The Hall–Kier alpha value is -0.220. The lowest BCUT2D eigenvalue weighted by molar-refractivity contribution is -0.126. The number of likely N-dealkylation sites (tertiary alicyclic amines) is 1. The van der Waals surface area contributed by atoms with Gasteiger partial charge in [0.05, 0.1) is 0 Å². The smallest absolute Gasteiger partial charge is 0.266 e. The number of hydrogen-bond donors (Lipinski definition) is 1. The summed E-state index contributed by atoms with van der Waals surface area (Å²) in [6.45, 7) is 4.19. The second kappa shape index (κ2) is 4.33. The van der Waals surface area contributed by atoms with E-state index in [-0.39, 0.29) is 12.8 Å². The molecule has 0 aromatic heterocycles. The molecule has 0 aromatic carbocycles. The molecule has 0 radical (unpaired) electrons. The molecule has 1 N–H and O–H groups in total. The highest BCUT2D eigenvalue weighted by Gasteiger charge is 2.40. The monoisotopic (exact) mass is 193 g/mol. The highest BCUT2D eigenvalue weighted by molar-refractivity contribution is 4.87. The summed E-state index contributed by atoms with van der Waals surface area (Å²) in [4.78, 5) is 2.12. The molecule has 13 heavy (non-hydrogen) atoms. The Morgan fingerprint density at radius 1 is 1.38 bits per heavy atom. The van der Waals surface area contributed by atoms with Gasteiger partial charge in [0.1, 0.15) is 5.60 Å². The zero-order chi connectivity index (χ0) is 9.90. The third kappa shape index (κ3) is 2.61. The van der Waals surface area contributed by atoms with Crippen molar-refractivity contribution in [2.45, 2.75) is 38.2 Å². The fourth-order valence-corrected chi connectivity index (χ4v) is 1.70. The summed E-state index contributed by atoms with van der Waals surface area (Å²) >= 11 is 0. The Morgan fingerprint density at radius 2 is 1.92 bits per heavy atom. The zero-order valence-corrected chi connectivity index (χ0v) is 7.97. The van der Waals surface area contributed by atoms with Gasteiger partial charge in [-0.25, -0.2) is 8.78 Å². The standard InChI is InChI=1S/C9H17F2NO/c1-2-5-12-6-3-9(13,4-7-12)8(10)11/h8,13H,2-7H2,1H3. The van der Waals surface area contributed by atoms with Crippen LogP contribution in [0.25, 0.3) is 0 Å². The molecule has 0 bridgehead atoms. The van der Waals surface area contributed by atoms with E-state index in [2.05, 4.69) is 11.8 Å². The average molecular weight is 193 g/mol. The van der Waals surface area contributed by atoms with Crippen LogP contribution in [0.3, 0.4) is 0 Å². The first-order chi connectivity index (χ1) is 6.08. The summed E-state index contributed by atoms with van der Waals surface area (Å²) in [6, 6.07) is 0. The second-order valence-electron chi connectivity index (χ2n) is 3.75. The summed E-state index contributed by atoms with van der Waals surface area (Å²) in [5.74, 6) is 0. The van der Waals surface area contributed by atoms with Crippen molar-refractivity contribution in [3.05, 3.63) is 0 Å². The third-order valence-corrected chi connectivity index (χ3v) is 2.67. The van der Waals surface area contributed by atoms with Crippen LogP contribution >= 0.6 is 0 Å². The molecule has 4 heteroatoms. The summed E-state index contributed by atoms with van der Waals surface area (Å²) in [5, 5.41) is 9.46. The molecule has 1 rings (SSSR count). The second-order valence-corrected chi connectivity index (χ2v) is 3.75. The van der Waals surface area contributed by atoms with Crippen molar-refractivity contribution in [2.24, 2.45) is 0 Å². The van der Waals surface area contributed by atoms with Gasteiger partial charge in [-0.05, 0) is 25.8 Å². The molecule has 0 unspecified atom stereocenters. The van der Waals surface area contributed by atoms with E-state index in [1.54, 1.807) is 0 Å². The van der Waals surface area contributed by atoms with Gasteiger partial charge in [-0.3, -0.25) is 0 Å². The maximum atomic E-state index is 12.3. The molecule has 2 nitrogen and oxygen atoms in total. The minimum atomic E-state index is -2.60. The van der Waals surface area contributed by atoms with Crippen LogP contribution in [0, 0.1) is 0 Å². The number of aliphatic hydroxyl groups is 1. The van der Waals surface area contributed by atoms with E-state index in [1.807, 2.05) is 0 Å². The van der Waals surface area contributed by atoms with Gasteiger partial charge in [0.2, 0.25) is 0 Å².